The maximum absolute atomic E-state index is 11.2. The molecule has 0 spiro atoms. The van der Waals surface area contributed by atoms with E-state index in [0.29, 0.717) is 0 Å². The summed E-state index contributed by atoms with van der Waals surface area (Å²) in [5, 5.41) is 19.6. The van der Waals surface area contributed by atoms with Gasteiger partial charge in [0.2, 0.25) is 6.04 Å². The van der Waals surface area contributed by atoms with Gasteiger partial charge in [-0.1, -0.05) is 0 Å². The molecule has 1 N–H and O–H groups in total. The smallest absolute Gasteiger partial charge is 0.313 e. The third-order valence-corrected chi connectivity index (χ3v) is 1.62. The Kier molecular flexibility index (Phi) is 4.67. The van der Waals surface area contributed by atoms with Gasteiger partial charge in [-0.25, -0.2) is 0 Å². The van der Waals surface area contributed by atoms with Crippen molar-refractivity contribution in [2.45, 2.75) is 51.9 Å². The molecule has 6 nitrogen and oxygen atoms in total. The third kappa shape index (κ3) is 6.01. The molecule has 0 aliphatic carbocycles. The molecule has 0 aliphatic rings. The summed E-state index contributed by atoms with van der Waals surface area (Å²) in [6.07, 6.45) is -1.59. The number of nitrogens with zero attached hydrogens (tertiary/aromatic N) is 1. The van der Waals surface area contributed by atoms with Gasteiger partial charge in [0.15, 0.2) is 0 Å². The van der Waals surface area contributed by atoms with Crippen LogP contribution in [0.2, 0.25) is 0 Å². The quantitative estimate of drug-likeness (QED) is 0.428. The number of aliphatic hydroxyl groups is 1. The standard InChI is InChI=1S/C9H17NO5/c1-6(11)7(10(13)14)5-8(12)15-9(2,3)4/h6-7,11H,5H2,1-4H3. The van der Waals surface area contributed by atoms with Gasteiger partial charge < -0.3 is 9.84 Å². The average Bonchev–Trinajstić information content (AvgIpc) is 1.95. The van der Waals surface area contributed by atoms with Gasteiger partial charge in [0.1, 0.15) is 18.1 Å². The van der Waals surface area contributed by atoms with Crippen molar-refractivity contribution in [1.29, 1.82) is 0 Å². The monoisotopic (exact) mass is 219 g/mol. The molecule has 88 valence electrons. The van der Waals surface area contributed by atoms with Gasteiger partial charge in [0.25, 0.3) is 0 Å². The number of hydrogen-bond donors (Lipinski definition) is 1. The number of carbonyl (C=O) groups excluding carboxylic acids is 1. The molecule has 0 aromatic carbocycles. The van der Waals surface area contributed by atoms with Crippen LogP contribution in [0.25, 0.3) is 0 Å². The summed E-state index contributed by atoms with van der Waals surface area (Å²) in [6.45, 7) is 6.30. The zero-order chi connectivity index (χ0) is 12.2. The topological polar surface area (TPSA) is 89.7 Å². The highest BCUT2D eigenvalue weighted by Gasteiger charge is 2.31. The lowest BCUT2D eigenvalue weighted by Crippen LogP contribution is -2.36. The average molecular weight is 219 g/mol. The van der Waals surface area contributed by atoms with Crippen molar-refractivity contribution < 1.29 is 19.6 Å². The van der Waals surface area contributed by atoms with E-state index >= 15 is 0 Å². The lowest BCUT2D eigenvalue weighted by atomic mass is 10.1. The maximum atomic E-state index is 11.2. The maximum Gasteiger partial charge on any atom is 0.313 e. The first-order valence-electron chi connectivity index (χ1n) is 4.67. The number of esters is 1. The van der Waals surface area contributed by atoms with Gasteiger partial charge in [-0.15, -0.1) is 0 Å². The fourth-order valence-corrected chi connectivity index (χ4v) is 0.975. The molecule has 0 saturated carbocycles. The summed E-state index contributed by atoms with van der Waals surface area (Å²) < 4.78 is 4.91. The molecule has 0 aromatic rings. The zero-order valence-electron chi connectivity index (χ0n) is 9.39. The predicted molar refractivity (Wildman–Crippen MR) is 52.9 cm³/mol. The van der Waals surface area contributed by atoms with Crippen molar-refractivity contribution in [2.24, 2.45) is 0 Å². The number of carbonyl (C=O) groups is 1. The molecule has 0 aromatic heterocycles. The van der Waals surface area contributed by atoms with Crippen LogP contribution in [0.1, 0.15) is 34.1 Å². The molecule has 0 bridgehead atoms. The second-order valence-electron chi connectivity index (χ2n) is 4.38. The van der Waals surface area contributed by atoms with Gasteiger partial charge in [0.05, 0.1) is 0 Å². The van der Waals surface area contributed by atoms with E-state index in [-0.39, 0.29) is 0 Å². The van der Waals surface area contributed by atoms with Crippen molar-refractivity contribution in [3.8, 4) is 0 Å². The molecule has 2 unspecified atom stereocenters. The van der Waals surface area contributed by atoms with Gasteiger partial charge in [-0.3, -0.25) is 14.9 Å². The van der Waals surface area contributed by atoms with Gasteiger partial charge in [0, 0.05) is 4.92 Å². The Morgan fingerprint density at radius 2 is 2.00 bits per heavy atom. The van der Waals surface area contributed by atoms with Crippen molar-refractivity contribution in [2.75, 3.05) is 0 Å². The van der Waals surface area contributed by atoms with Crippen LogP contribution in [0.5, 0.6) is 0 Å². The highest BCUT2D eigenvalue weighted by Crippen LogP contribution is 2.11. The van der Waals surface area contributed by atoms with Crippen molar-refractivity contribution in [3.05, 3.63) is 10.1 Å². The molecule has 0 amide bonds. The lowest BCUT2D eigenvalue weighted by Gasteiger charge is -2.20. The van der Waals surface area contributed by atoms with Crippen LogP contribution < -0.4 is 0 Å². The van der Waals surface area contributed by atoms with E-state index in [9.17, 15) is 14.9 Å². The van der Waals surface area contributed by atoms with Gasteiger partial charge in [-0.05, 0) is 27.7 Å². The first-order valence-corrected chi connectivity index (χ1v) is 4.67. The Labute approximate surface area is 88.4 Å². The first kappa shape index (κ1) is 13.8. The van der Waals surface area contributed by atoms with Crippen LogP contribution in [0.4, 0.5) is 0 Å². The van der Waals surface area contributed by atoms with Crippen LogP contribution in [0.15, 0.2) is 0 Å². The Hall–Kier alpha value is -1.17. The Morgan fingerprint density at radius 1 is 1.53 bits per heavy atom. The molecule has 15 heavy (non-hydrogen) atoms. The number of rotatable bonds is 4. The van der Waals surface area contributed by atoms with Gasteiger partial charge in [-0.2, -0.15) is 0 Å². The third-order valence-electron chi connectivity index (χ3n) is 1.62. The summed E-state index contributed by atoms with van der Waals surface area (Å²) in [5.74, 6) is -0.676. The van der Waals surface area contributed by atoms with Crippen LogP contribution in [0.3, 0.4) is 0 Å². The van der Waals surface area contributed by atoms with E-state index in [0.717, 1.165) is 0 Å². The minimum atomic E-state index is -1.31. The number of aliphatic hydroxyl groups excluding tert-OH is 1. The van der Waals surface area contributed by atoms with Crippen LogP contribution in [0, 0.1) is 10.1 Å². The van der Waals surface area contributed by atoms with E-state index in [1.807, 2.05) is 0 Å². The van der Waals surface area contributed by atoms with E-state index in [1.54, 1.807) is 20.8 Å². The molecule has 0 saturated heterocycles. The molecule has 0 heterocycles. The second-order valence-corrected chi connectivity index (χ2v) is 4.38. The van der Waals surface area contributed by atoms with E-state index in [4.69, 9.17) is 9.84 Å². The number of ether oxygens (including phenoxy) is 1. The SMILES string of the molecule is CC(O)C(CC(=O)OC(C)(C)C)[N+](=O)[O-]. The van der Waals surface area contributed by atoms with Crippen LogP contribution >= 0.6 is 0 Å². The predicted octanol–water partition coefficient (Wildman–Crippen LogP) is 0.744. The van der Waals surface area contributed by atoms with E-state index < -0.39 is 35.1 Å². The zero-order valence-corrected chi connectivity index (χ0v) is 9.39. The fourth-order valence-electron chi connectivity index (χ4n) is 0.975. The fraction of sp³-hybridized carbons (Fsp3) is 0.889. The Bertz CT molecular complexity index is 243. The summed E-state index contributed by atoms with van der Waals surface area (Å²) in [7, 11) is 0. The van der Waals surface area contributed by atoms with Crippen molar-refractivity contribution in [3.63, 3.8) is 0 Å². The largest absolute Gasteiger partial charge is 0.460 e. The minimum absolute atomic E-state index is 0.415. The van der Waals surface area contributed by atoms with Crippen molar-refractivity contribution in [1.82, 2.24) is 0 Å². The molecular weight excluding hydrogens is 202 g/mol. The normalized spacial score (nSPS) is 15.5. The molecule has 0 fully saturated rings. The summed E-state index contributed by atoms with van der Waals surface area (Å²) in [6, 6.07) is -1.31. The van der Waals surface area contributed by atoms with Crippen LogP contribution in [-0.4, -0.2) is 33.7 Å². The van der Waals surface area contributed by atoms with Crippen LogP contribution in [-0.2, 0) is 9.53 Å². The summed E-state index contributed by atoms with van der Waals surface area (Å²) in [5.41, 5.74) is -0.670. The number of nitro groups is 1. The molecule has 0 rings (SSSR count). The molecule has 0 radical (unpaired) electrons. The number of hydrogen-bond acceptors (Lipinski definition) is 5. The highest BCUT2D eigenvalue weighted by molar-refractivity contribution is 5.70. The van der Waals surface area contributed by atoms with Crippen molar-refractivity contribution >= 4 is 5.97 Å². The van der Waals surface area contributed by atoms with Gasteiger partial charge >= 0.3 is 5.97 Å². The molecular formula is C9H17NO5. The Balaban J connectivity index is 4.31. The molecule has 6 heteroatoms. The van der Waals surface area contributed by atoms with E-state index in [1.165, 1.54) is 6.92 Å². The first-order chi connectivity index (χ1) is 6.63. The lowest BCUT2D eigenvalue weighted by molar-refractivity contribution is -0.532. The summed E-state index contributed by atoms with van der Waals surface area (Å²) >= 11 is 0. The van der Waals surface area contributed by atoms with E-state index in [2.05, 4.69) is 0 Å². The molecule has 2 atom stereocenters. The second kappa shape index (κ2) is 5.06. The minimum Gasteiger partial charge on any atom is -0.460 e. The highest BCUT2D eigenvalue weighted by atomic mass is 16.6. The Morgan fingerprint density at radius 3 is 2.27 bits per heavy atom. The molecule has 0 aliphatic heterocycles. The summed E-state index contributed by atoms with van der Waals surface area (Å²) in [4.78, 5) is 21.0.